The lowest BCUT2D eigenvalue weighted by molar-refractivity contribution is -0.124. The molecule has 4 atom stereocenters. The molecule has 0 radical (unpaired) electrons. The lowest BCUT2D eigenvalue weighted by atomic mass is 9.53. The molecule has 3 aliphatic rings. The lowest BCUT2D eigenvalue weighted by Crippen LogP contribution is -2.53. The van der Waals surface area contributed by atoms with Gasteiger partial charge in [-0.25, -0.2) is 28.4 Å². The van der Waals surface area contributed by atoms with Crippen LogP contribution < -0.4 is 16.3 Å². The maximum absolute atomic E-state index is 15.5. The molecule has 50 heavy (non-hydrogen) atoms. The smallest absolute Gasteiger partial charge is 0.352 e. The molecular formula is C40H29ClN4O5. The number of phenolic OH excluding ortho intramolecular Hbond substituents is 1. The van der Waals surface area contributed by atoms with Crippen molar-refractivity contribution in [1.29, 1.82) is 0 Å². The molecule has 1 aromatic heterocycles. The summed E-state index contributed by atoms with van der Waals surface area (Å²) in [5, 5.41) is 12.7. The van der Waals surface area contributed by atoms with Crippen molar-refractivity contribution in [3.63, 3.8) is 0 Å². The van der Waals surface area contributed by atoms with Crippen molar-refractivity contribution in [2.75, 3.05) is 4.90 Å². The fourth-order valence-corrected chi connectivity index (χ4v) is 8.89. The Hall–Kier alpha value is -5.93. The molecule has 4 unspecified atom stereocenters. The van der Waals surface area contributed by atoms with E-state index in [2.05, 4.69) is 0 Å². The number of aromatic nitrogens is 3. The van der Waals surface area contributed by atoms with Crippen LogP contribution in [0.1, 0.15) is 29.5 Å². The van der Waals surface area contributed by atoms with E-state index in [1.165, 1.54) is 14.3 Å². The van der Waals surface area contributed by atoms with Gasteiger partial charge in [0.15, 0.2) is 0 Å². The fraction of sp³-hybridized carbons (Fsp3) is 0.150. The van der Waals surface area contributed by atoms with Gasteiger partial charge in [0.25, 0.3) is 0 Å². The summed E-state index contributed by atoms with van der Waals surface area (Å²) < 4.78 is 4.04. The molecule has 1 saturated carbocycles. The Morgan fingerprint density at radius 2 is 1.40 bits per heavy atom. The molecule has 3 heterocycles. The minimum absolute atomic E-state index is 0.0824. The number of para-hydroxylation sites is 1. The van der Waals surface area contributed by atoms with E-state index in [0.29, 0.717) is 32.7 Å². The number of hydrogen-bond acceptors (Lipinski definition) is 5. The van der Waals surface area contributed by atoms with E-state index in [9.17, 15) is 19.5 Å². The minimum Gasteiger partial charge on any atom is -0.507 e. The van der Waals surface area contributed by atoms with Crippen molar-refractivity contribution in [3.05, 3.63) is 170 Å². The summed E-state index contributed by atoms with van der Waals surface area (Å²) in [7, 11) is 0. The number of amides is 2. The quantitative estimate of drug-likeness (QED) is 0.179. The molecule has 1 aliphatic carbocycles. The Morgan fingerprint density at radius 3 is 2.14 bits per heavy atom. The van der Waals surface area contributed by atoms with E-state index >= 15 is 4.79 Å². The van der Waals surface area contributed by atoms with Crippen LogP contribution in [0.25, 0.3) is 16.5 Å². The monoisotopic (exact) mass is 680 g/mol. The van der Waals surface area contributed by atoms with Gasteiger partial charge in [0, 0.05) is 16.3 Å². The van der Waals surface area contributed by atoms with E-state index in [1.54, 1.807) is 54.6 Å². The van der Waals surface area contributed by atoms with Crippen molar-refractivity contribution < 1.29 is 14.7 Å². The average Bonchev–Trinajstić information content (AvgIpc) is 3.53. The highest BCUT2D eigenvalue weighted by molar-refractivity contribution is 6.32. The number of nitrogens with zero attached hydrogens (tertiary/aromatic N) is 4. The average molecular weight is 681 g/mol. The first-order valence-electron chi connectivity index (χ1n) is 16.4. The number of rotatable bonds is 4. The largest absolute Gasteiger partial charge is 0.507 e. The second-order valence-corrected chi connectivity index (χ2v) is 13.5. The Kier molecular flexibility index (Phi) is 6.66. The van der Waals surface area contributed by atoms with Gasteiger partial charge in [-0.2, -0.15) is 0 Å². The maximum atomic E-state index is 15.5. The molecule has 0 spiro atoms. The molecule has 5 aromatic carbocycles. The molecule has 1 saturated heterocycles. The summed E-state index contributed by atoms with van der Waals surface area (Å²) in [5.74, 6) is -2.44. The standard InChI is InChI=1S/C40H29ClN4O5/c41-25-12-9-15-27(22-25)43-36(47)32-23-33-31(20-21-42-38(49)44(39(50)45(33)42)26-13-5-2-6-14-26)35(40(32,37(43)48)24-10-3-1-4-11-24)30-18-19-34(46)29-17-8-7-16-28(29)30/h1-20,22,32-33,35,46H,21,23H2. The highest BCUT2D eigenvalue weighted by atomic mass is 35.5. The van der Waals surface area contributed by atoms with Gasteiger partial charge in [0.1, 0.15) is 5.75 Å². The van der Waals surface area contributed by atoms with Crippen molar-refractivity contribution >= 4 is 39.9 Å². The molecule has 246 valence electrons. The van der Waals surface area contributed by atoms with Crippen LogP contribution in [0.3, 0.4) is 0 Å². The molecule has 2 aliphatic heterocycles. The number of fused-ring (bicyclic) bond motifs is 5. The van der Waals surface area contributed by atoms with Crippen molar-refractivity contribution in [2.24, 2.45) is 5.92 Å². The zero-order valence-corrected chi connectivity index (χ0v) is 27.3. The van der Waals surface area contributed by atoms with Gasteiger partial charge in [0.2, 0.25) is 11.8 Å². The van der Waals surface area contributed by atoms with Crippen LogP contribution in [-0.4, -0.2) is 30.9 Å². The van der Waals surface area contributed by atoms with Gasteiger partial charge in [-0.15, -0.1) is 0 Å². The second-order valence-electron chi connectivity index (χ2n) is 13.0. The third kappa shape index (κ3) is 4.01. The number of benzene rings is 5. The number of anilines is 1. The lowest BCUT2D eigenvalue weighted by Gasteiger charge is -2.49. The number of carbonyl (C=O) groups is 2. The number of carbonyl (C=O) groups excluding carboxylic acids is 2. The van der Waals surface area contributed by atoms with E-state index in [-0.39, 0.29) is 18.7 Å². The zero-order valence-electron chi connectivity index (χ0n) is 26.5. The molecule has 9 rings (SSSR count). The predicted octanol–water partition coefficient (Wildman–Crippen LogP) is 6.11. The summed E-state index contributed by atoms with van der Waals surface area (Å²) in [5.41, 5.74) is 0.467. The number of allylic oxidation sites excluding steroid dienone is 2. The molecule has 10 heteroatoms. The third-order valence-electron chi connectivity index (χ3n) is 10.7. The number of phenols is 1. The van der Waals surface area contributed by atoms with Gasteiger partial charge >= 0.3 is 11.4 Å². The molecule has 6 aromatic rings. The SMILES string of the molecule is O=C1C2CC3C(=CCn4c(=O)n(-c5ccccc5)c(=O)n43)C(c3ccc(O)c4ccccc34)C2(c2ccccc2)C(=O)N1c1cccc(Cl)c1. The fourth-order valence-electron chi connectivity index (χ4n) is 8.71. The van der Waals surface area contributed by atoms with Gasteiger partial charge in [0.05, 0.1) is 35.3 Å². The first-order chi connectivity index (χ1) is 24.3. The molecule has 2 amide bonds. The summed E-state index contributed by atoms with van der Waals surface area (Å²) >= 11 is 6.41. The number of halogens is 1. The Bertz CT molecular complexity index is 2540. The van der Waals surface area contributed by atoms with Gasteiger partial charge in [-0.3, -0.25) is 9.59 Å². The summed E-state index contributed by atoms with van der Waals surface area (Å²) in [4.78, 5) is 59.9. The number of hydrogen-bond donors (Lipinski definition) is 1. The predicted molar refractivity (Wildman–Crippen MR) is 190 cm³/mol. The van der Waals surface area contributed by atoms with Gasteiger partial charge in [-0.1, -0.05) is 103 Å². The Labute approximate surface area is 290 Å². The molecule has 2 fully saturated rings. The van der Waals surface area contributed by atoms with Crippen LogP contribution in [0, 0.1) is 5.92 Å². The van der Waals surface area contributed by atoms with E-state index in [0.717, 1.165) is 15.7 Å². The van der Waals surface area contributed by atoms with E-state index < -0.39 is 46.5 Å². The number of imide groups is 1. The normalized spacial score (nSPS) is 22.6. The molecule has 1 N–H and O–H groups in total. The Morgan fingerprint density at radius 1 is 0.720 bits per heavy atom. The van der Waals surface area contributed by atoms with Crippen molar-refractivity contribution in [1.82, 2.24) is 13.9 Å². The van der Waals surface area contributed by atoms with Crippen LogP contribution in [-0.2, 0) is 21.5 Å². The highest BCUT2D eigenvalue weighted by Crippen LogP contribution is 2.63. The van der Waals surface area contributed by atoms with E-state index in [1.807, 2.05) is 72.8 Å². The molecule has 0 bridgehead atoms. The van der Waals surface area contributed by atoms with Crippen molar-refractivity contribution in [3.8, 4) is 11.4 Å². The van der Waals surface area contributed by atoms with Crippen LogP contribution in [0.4, 0.5) is 5.69 Å². The third-order valence-corrected chi connectivity index (χ3v) is 10.9. The van der Waals surface area contributed by atoms with Crippen LogP contribution in [0.2, 0.25) is 5.02 Å². The molecule has 9 nitrogen and oxygen atoms in total. The first-order valence-corrected chi connectivity index (χ1v) is 16.8. The van der Waals surface area contributed by atoms with Gasteiger partial charge in [-0.05, 0) is 64.9 Å². The van der Waals surface area contributed by atoms with Crippen LogP contribution in [0.5, 0.6) is 5.75 Å². The maximum Gasteiger partial charge on any atom is 0.352 e. The molecular weight excluding hydrogens is 652 g/mol. The Balaban J connectivity index is 1.37. The second kappa shape index (κ2) is 11.0. The first kappa shape index (κ1) is 30.2. The highest BCUT2D eigenvalue weighted by Gasteiger charge is 2.68. The summed E-state index contributed by atoms with van der Waals surface area (Å²) in [6.45, 7) is 0.0853. The minimum atomic E-state index is -1.45. The number of aromatic hydroxyl groups is 1. The summed E-state index contributed by atoms with van der Waals surface area (Å²) in [6.07, 6.45) is 2.03. The summed E-state index contributed by atoms with van der Waals surface area (Å²) in [6, 6.07) is 34.9. The van der Waals surface area contributed by atoms with Crippen LogP contribution in [0.15, 0.2) is 143 Å². The topological polar surface area (TPSA) is 107 Å². The van der Waals surface area contributed by atoms with Gasteiger partial charge < -0.3 is 5.11 Å². The van der Waals surface area contributed by atoms with Crippen molar-refractivity contribution in [2.45, 2.75) is 30.3 Å². The van der Waals surface area contributed by atoms with Crippen LogP contribution >= 0.6 is 11.6 Å². The zero-order chi connectivity index (χ0) is 34.3. The van der Waals surface area contributed by atoms with E-state index in [4.69, 9.17) is 11.6 Å².